The Morgan fingerprint density at radius 3 is 2.80 bits per heavy atom. The second kappa shape index (κ2) is 7.23. The molecule has 30 heavy (non-hydrogen) atoms. The van der Waals surface area contributed by atoms with Gasteiger partial charge in [-0.25, -0.2) is 4.79 Å². The Morgan fingerprint density at radius 2 is 1.93 bits per heavy atom. The molecular weight excluding hydrogens is 382 g/mol. The summed E-state index contributed by atoms with van der Waals surface area (Å²) in [6, 6.07) is 13.2. The van der Waals surface area contributed by atoms with Gasteiger partial charge in [-0.3, -0.25) is 4.79 Å². The van der Waals surface area contributed by atoms with E-state index < -0.39 is 0 Å². The molecule has 5 rings (SSSR count). The number of fused-ring (bicyclic) bond motifs is 1. The number of nitrogens with zero attached hydrogens (tertiary/aromatic N) is 1. The fourth-order valence-corrected chi connectivity index (χ4v) is 4.51. The molecule has 3 aliphatic rings. The molecule has 2 heterocycles. The van der Waals surface area contributed by atoms with Crippen LogP contribution < -0.4 is 20.1 Å². The van der Waals surface area contributed by atoms with Crippen LogP contribution in [0, 0.1) is 11.3 Å². The average Bonchev–Trinajstić information content (AvgIpc) is 3.06. The van der Waals surface area contributed by atoms with Gasteiger partial charge in [0.15, 0.2) is 11.5 Å². The minimum Gasteiger partial charge on any atom is -0.454 e. The summed E-state index contributed by atoms with van der Waals surface area (Å²) < 4.78 is 10.7. The first-order chi connectivity index (χ1) is 14.6. The van der Waals surface area contributed by atoms with Gasteiger partial charge >= 0.3 is 6.03 Å². The Labute approximate surface area is 175 Å². The number of likely N-dealkylation sites (tertiary alicyclic amines) is 1. The fraction of sp³-hybridized carbons (Fsp3) is 0.391. The van der Waals surface area contributed by atoms with Crippen molar-refractivity contribution in [2.75, 3.05) is 30.5 Å². The van der Waals surface area contributed by atoms with Crippen molar-refractivity contribution in [3.63, 3.8) is 0 Å². The Bertz CT molecular complexity index is 1010. The van der Waals surface area contributed by atoms with Gasteiger partial charge in [0.1, 0.15) is 0 Å². The maximum absolute atomic E-state index is 12.8. The van der Waals surface area contributed by atoms with E-state index >= 15 is 0 Å². The van der Waals surface area contributed by atoms with Crippen molar-refractivity contribution >= 4 is 23.3 Å². The van der Waals surface area contributed by atoms with E-state index in [1.165, 1.54) is 5.56 Å². The number of aryl methyl sites for hydroxylation is 1. The van der Waals surface area contributed by atoms with Gasteiger partial charge in [-0.15, -0.1) is 0 Å². The molecular formula is C23H25N3O4. The van der Waals surface area contributed by atoms with Crippen molar-refractivity contribution in [3.05, 3.63) is 48.0 Å². The lowest BCUT2D eigenvalue weighted by Gasteiger charge is -2.18. The van der Waals surface area contributed by atoms with Gasteiger partial charge < -0.3 is 25.0 Å². The lowest BCUT2D eigenvalue weighted by Crippen LogP contribution is -2.33. The SMILES string of the molecule is CCc1cccc(NC(=O)N2CC[C@@]3(C[C@H]3C(=O)Nc3ccc4c(c3)OCO4)C2)c1. The van der Waals surface area contributed by atoms with E-state index in [4.69, 9.17) is 9.47 Å². The summed E-state index contributed by atoms with van der Waals surface area (Å²) in [6.07, 6.45) is 2.60. The van der Waals surface area contributed by atoms with Crippen LogP contribution in [-0.2, 0) is 11.2 Å². The molecule has 1 saturated carbocycles. The molecule has 0 unspecified atom stereocenters. The van der Waals surface area contributed by atoms with Crippen molar-refractivity contribution in [1.29, 1.82) is 0 Å². The first kappa shape index (κ1) is 18.8. The molecule has 0 radical (unpaired) electrons. The molecule has 3 amide bonds. The van der Waals surface area contributed by atoms with E-state index in [0.717, 1.165) is 24.9 Å². The molecule has 7 nitrogen and oxygen atoms in total. The predicted molar refractivity (Wildman–Crippen MR) is 113 cm³/mol. The number of nitrogens with one attached hydrogen (secondary N) is 2. The Kier molecular flexibility index (Phi) is 4.53. The molecule has 2 fully saturated rings. The van der Waals surface area contributed by atoms with Gasteiger partial charge in [0, 0.05) is 41.9 Å². The molecule has 1 saturated heterocycles. The highest BCUT2D eigenvalue weighted by Crippen LogP contribution is 2.58. The quantitative estimate of drug-likeness (QED) is 0.807. The normalized spacial score (nSPS) is 23.5. The van der Waals surface area contributed by atoms with Gasteiger partial charge in [-0.1, -0.05) is 19.1 Å². The van der Waals surface area contributed by atoms with Crippen LogP contribution >= 0.6 is 0 Å². The van der Waals surface area contributed by atoms with E-state index in [1.807, 2.05) is 35.2 Å². The highest BCUT2D eigenvalue weighted by molar-refractivity contribution is 5.96. The van der Waals surface area contributed by atoms with Crippen LogP contribution in [0.1, 0.15) is 25.3 Å². The maximum atomic E-state index is 12.8. The van der Waals surface area contributed by atoms with Gasteiger partial charge in [0.25, 0.3) is 0 Å². The van der Waals surface area contributed by atoms with E-state index in [-0.39, 0.29) is 30.1 Å². The van der Waals surface area contributed by atoms with Crippen molar-refractivity contribution in [3.8, 4) is 11.5 Å². The molecule has 2 aromatic rings. The monoisotopic (exact) mass is 407 g/mol. The van der Waals surface area contributed by atoms with Crippen molar-refractivity contribution in [2.45, 2.75) is 26.2 Å². The summed E-state index contributed by atoms with van der Waals surface area (Å²) in [7, 11) is 0. The van der Waals surface area contributed by atoms with Gasteiger partial charge in [0.2, 0.25) is 12.7 Å². The summed E-state index contributed by atoms with van der Waals surface area (Å²) in [5.41, 5.74) is 2.61. The third kappa shape index (κ3) is 3.44. The summed E-state index contributed by atoms with van der Waals surface area (Å²) in [4.78, 5) is 27.3. The molecule has 0 aromatic heterocycles. The third-order valence-electron chi connectivity index (χ3n) is 6.41. The second-order valence-corrected chi connectivity index (χ2v) is 8.33. The topological polar surface area (TPSA) is 79.9 Å². The van der Waals surface area contributed by atoms with Crippen LogP contribution in [0.5, 0.6) is 11.5 Å². The highest BCUT2D eigenvalue weighted by Gasteiger charge is 2.61. The smallest absolute Gasteiger partial charge is 0.321 e. The van der Waals surface area contributed by atoms with E-state index in [2.05, 4.69) is 17.6 Å². The lowest BCUT2D eigenvalue weighted by atomic mass is 10.0. The van der Waals surface area contributed by atoms with Crippen LogP contribution in [0.15, 0.2) is 42.5 Å². The zero-order valence-electron chi connectivity index (χ0n) is 16.9. The minimum atomic E-state index is -0.0954. The average molecular weight is 407 g/mol. The standard InChI is InChI=1S/C23H25N3O4/c1-2-15-4-3-5-16(10-15)25-22(28)26-9-8-23(13-26)12-18(23)21(27)24-17-6-7-19-20(11-17)30-14-29-19/h3-7,10-11,18H,2,8-9,12-14H2,1H3,(H,24,27)(H,25,28)/t18-,23+/m0/s1. The number of benzene rings is 2. The largest absolute Gasteiger partial charge is 0.454 e. The van der Waals surface area contributed by atoms with Crippen LogP contribution in [0.25, 0.3) is 0 Å². The van der Waals surface area contributed by atoms with Crippen molar-refractivity contribution < 1.29 is 19.1 Å². The number of hydrogen-bond donors (Lipinski definition) is 2. The van der Waals surface area contributed by atoms with E-state index in [1.54, 1.807) is 12.1 Å². The summed E-state index contributed by atoms with van der Waals surface area (Å²) in [5.74, 6) is 1.28. The molecule has 0 bridgehead atoms. The molecule has 156 valence electrons. The molecule has 2 atom stereocenters. The summed E-state index contributed by atoms with van der Waals surface area (Å²) in [5, 5.41) is 5.98. The zero-order valence-corrected chi connectivity index (χ0v) is 16.9. The van der Waals surface area contributed by atoms with Crippen LogP contribution in [0.3, 0.4) is 0 Å². The first-order valence-corrected chi connectivity index (χ1v) is 10.4. The number of carbonyl (C=O) groups excluding carboxylic acids is 2. The van der Waals surface area contributed by atoms with Gasteiger partial charge in [-0.2, -0.15) is 0 Å². The maximum Gasteiger partial charge on any atom is 0.321 e. The Balaban J connectivity index is 1.18. The highest BCUT2D eigenvalue weighted by atomic mass is 16.7. The molecule has 2 N–H and O–H groups in total. The summed E-state index contributed by atoms with van der Waals surface area (Å²) in [6.45, 7) is 3.59. The third-order valence-corrected chi connectivity index (χ3v) is 6.41. The number of urea groups is 1. The van der Waals surface area contributed by atoms with Gasteiger partial charge in [-0.05, 0) is 49.1 Å². The molecule has 7 heteroatoms. The van der Waals surface area contributed by atoms with Crippen molar-refractivity contribution in [2.24, 2.45) is 11.3 Å². The van der Waals surface area contributed by atoms with E-state index in [0.29, 0.717) is 30.3 Å². The van der Waals surface area contributed by atoms with Crippen LogP contribution in [0.2, 0.25) is 0 Å². The predicted octanol–water partition coefficient (Wildman–Crippen LogP) is 3.86. The number of ether oxygens (including phenoxy) is 2. The first-order valence-electron chi connectivity index (χ1n) is 10.4. The number of anilines is 2. The lowest BCUT2D eigenvalue weighted by molar-refractivity contribution is -0.118. The number of carbonyl (C=O) groups is 2. The zero-order chi connectivity index (χ0) is 20.7. The van der Waals surface area contributed by atoms with Crippen LogP contribution in [0.4, 0.5) is 16.2 Å². The summed E-state index contributed by atoms with van der Waals surface area (Å²) >= 11 is 0. The molecule has 2 aliphatic heterocycles. The number of rotatable bonds is 4. The number of hydrogen-bond acceptors (Lipinski definition) is 4. The Morgan fingerprint density at radius 1 is 1.10 bits per heavy atom. The van der Waals surface area contributed by atoms with Crippen LogP contribution in [-0.4, -0.2) is 36.7 Å². The Hall–Kier alpha value is -3.22. The molecule has 2 aromatic carbocycles. The van der Waals surface area contributed by atoms with E-state index in [9.17, 15) is 9.59 Å². The molecule has 1 aliphatic carbocycles. The second-order valence-electron chi connectivity index (χ2n) is 8.33. The molecule has 1 spiro atoms. The number of amides is 3. The fourth-order valence-electron chi connectivity index (χ4n) is 4.51. The minimum absolute atomic E-state index is 0.00627. The van der Waals surface area contributed by atoms with Crippen molar-refractivity contribution in [1.82, 2.24) is 4.90 Å². The van der Waals surface area contributed by atoms with Gasteiger partial charge in [0.05, 0.1) is 0 Å².